The van der Waals surface area contributed by atoms with Gasteiger partial charge in [0.05, 0.1) is 5.69 Å². The fourth-order valence-corrected chi connectivity index (χ4v) is 3.40. The Bertz CT molecular complexity index is 549. The molecule has 1 aliphatic rings. The first kappa shape index (κ1) is 18.0. The number of nitrogens with one attached hydrogen (secondary N) is 1. The lowest BCUT2D eigenvalue weighted by molar-refractivity contribution is -0.134. The molecule has 5 heteroatoms. The molecule has 23 heavy (non-hydrogen) atoms. The lowest BCUT2D eigenvalue weighted by Crippen LogP contribution is -2.57. The standard InChI is InChI=1S/C18H32N4O/c1-12(2)11-22-16(6)17(14(4)20-22)7-8-18(23)21-10-9-19-13(3)15(21)5/h12-13,15,19H,7-11H2,1-6H3. The van der Waals surface area contributed by atoms with Gasteiger partial charge in [-0.3, -0.25) is 9.48 Å². The molecule has 0 radical (unpaired) electrons. The summed E-state index contributed by atoms with van der Waals surface area (Å²) in [4.78, 5) is 14.6. The smallest absolute Gasteiger partial charge is 0.223 e. The molecular formula is C18H32N4O. The molecule has 0 spiro atoms. The first-order valence-electron chi connectivity index (χ1n) is 8.87. The number of aryl methyl sites for hydroxylation is 1. The van der Waals surface area contributed by atoms with Crippen LogP contribution in [0.15, 0.2) is 0 Å². The van der Waals surface area contributed by atoms with Crippen LogP contribution in [0.2, 0.25) is 0 Å². The Morgan fingerprint density at radius 1 is 1.35 bits per heavy atom. The molecule has 2 atom stereocenters. The SMILES string of the molecule is Cc1nn(CC(C)C)c(C)c1CCC(=O)N1CCNC(C)C1C. The maximum Gasteiger partial charge on any atom is 0.223 e. The number of piperazine rings is 1. The second-order valence-corrected chi connectivity index (χ2v) is 7.30. The summed E-state index contributed by atoms with van der Waals surface area (Å²) >= 11 is 0. The number of rotatable bonds is 5. The third-order valence-corrected chi connectivity index (χ3v) is 5.01. The molecule has 0 aliphatic carbocycles. The maximum atomic E-state index is 12.6. The third kappa shape index (κ3) is 4.14. The van der Waals surface area contributed by atoms with Gasteiger partial charge in [-0.15, -0.1) is 0 Å². The minimum absolute atomic E-state index is 0.265. The summed E-state index contributed by atoms with van der Waals surface area (Å²) in [5.41, 5.74) is 3.53. The zero-order chi connectivity index (χ0) is 17.1. The van der Waals surface area contributed by atoms with E-state index < -0.39 is 0 Å². The fraction of sp³-hybridized carbons (Fsp3) is 0.778. The average Bonchev–Trinajstić information content (AvgIpc) is 2.73. The first-order valence-corrected chi connectivity index (χ1v) is 8.87. The predicted octanol–water partition coefficient (Wildman–Crippen LogP) is 2.30. The van der Waals surface area contributed by atoms with E-state index in [1.165, 1.54) is 11.3 Å². The van der Waals surface area contributed by atoms with Gasteiger partial charge in [-0.2, -0.15) is 5.10 Å². The number of carbonyl (C=O) groups excluding carboxylic acids is 1. The van der Waals surface area contributed by atoms with E-state index in [4.69, 9.17) is 0 Å². The molecule has 1 aromatic rings. The molecular weight excluding hydrogens is 288 g/mol. The van der Waals surface area contributed by atoms with Crippen LogP contribution in [0.1, 0.15) is 51.1 Å². The molecule has 0 aromatic carbocycles. The van der Waals surface area contributed by atoms with E-state index in [-0.39, 0.29) is 11.9 Å². The van der Waals surface area contributed by atoms with Crippen LogP contribution in [-0.2, 0) is 17.8 Å². The lowest BCUT2D eigenvalue weighted by atomic mass is 10.0. The number of hydrogen-bond acceptors (Lipinski definition) is 3. The third-order valence-electron chi connectivity index (χ3n) is 5.01. The molecule has 2 heterocycles. The van der Waals surface area contributed by atoms with Crippen molar-refractivity contribution in [2.45, 2.75) is 73.0 Å². The molecule has 1 amide bonds. The highest BCUT2D eigenvalue weighted by atomic mass is 16.2. The molecule has 0 bridgehead atoms. The summed E-state index contributed by atoms with van der Waals surface area (Å²) in [7, 11) is 0. The van der Waals surface area contributed by atoms with Crippen LogP contribution in [0.3, 0.4) is 0 Å². The van der Waals surface area contributed by atoms with Gasteiger partial charge in [-0.1, -0.05) is 13.8 Å². The van der Waals surface area contributed by atoms with E-state index in [1.54, 1.807) is 0 Å². The highest BCUT2D eigenvalue weighted by Gasteiger charge is 2.28. The van der Waals surface area contributed by atoms with Gasteiger partial charge < -0.3 is 10.2 Å². The molecule has 1 aromatic heterocycles. The Kier molecular flexibility index (Phi) is 5.84. The van der Waals surface area contributed by atoms with E-state index in [1.807, 2.05) is 4.90 Å². The van der Waals surface area contributed by atoms with E-state index in [0.717, 1.165) is 31.7 Å². The maximum absolute atomic E-state index is 12.6. The van der Waals surface area contributed by atoms with Crippen LogP contribution in [0.4, 0.5) is 0 Å². The Labute approximate surface area is 140 Å². The number of amides is 1. The summed E-state index contributed by atoms with van der Waals surface area (Å²) in [6.45, 7) is 15.5. The number of nitrogens with zero attached hydrogens (tertiary/aromatic N) is 3. The highest BCUT2D eigenvalue weighted by Crippen LogP contribution is 2.18. The fourth-order valence-electron chi connectivity index (χ4n) is 3.40. The summed E-state index contributed by atoms with van der Waals surface area (Å²) in [6.07, 6.45) is 1.37. The second kappa shape index (κ2) is 7.47. The molecule has 0 saturated carbocycles. The Morgan fingerprint density at radius 3 is 2.70 bits per heavy atom. The van der Waals surface area contributed by atoms with Crippen molar-refractivity contribution in [3.8, 4) is 0 Å². The van der Waals surface area contributed by atoms with Gasteiger partial charge in [-0.05, 0) is 45.6 Å². The van der Waals surface area contributed by atoms with Crippen molar-refractivity contribution in [2.75, 3.05) is 13.1 Å². The van der Waals surface area contributed by atoms with E-state index >= 15 is 0 Å². The largest absolute Gasteiger partial charge is 0.337 e. The number of aromatic nitrogens is 2. The number of hydrogen-bond donors (Lipinski definition) is 1. The molecule has 130 valence electrons. The van der Waals surface area contributed by atoms with Crippen molar-refractivity contribution in [3.05, 3.63) is 17.0 Å². The highest BCUT2D eigenvalue weighted by molar-refractivity contribution is 5.77. The predicted molar refractivity (Wildman–Crippen MR) is 93.5 cm³/mol. The molecule has 1 saturated heterocycles. The van der Waals surface area contributed by atoms with E-state index in [2.05, 4.69) is 56.6 Å². The van der Waals surface area contributed by atoms with Gasteiger partial charge >= 0.3 is 0 Å². The summed E-state index contributed by atoms with van der Waals surface area (Å²) in [5.74, 6) is 0.840. The number of carbonyl (C=O) groups is 1. The van der Waals surface area contributed by atoms with Crippen molar-refractivity contribution in [3.63, 3.8) is 0 Å². The molecule has 1 N–H and O–H groups in total. The molecule has 5 nitrogen and oxygen atoms in total. The zero-order valence-electron chi connectivity index (χ0n) is 15.5. The van der Waals surface area contributed by atoms with Crippen molar-refractivity contribution >= 4 is 5.91 Å². The van der Waals surface area contributed by atoms with Crippen LogP contribution in [0, 0.1) is 19.8 Å². The second-order valence-electron chi connectivity index (χ2n) is 7.30. The quantitative estimate of drug-likeness (QED) is 0.905. The van der Waals surface area contributed by atoms with Crippen LogP contribution in [0.5, 0.6) is 0 Å². The van der Waals surface area contributed by atoms with E-state index in [0.29, 0.717) is 18.4 Å². The van der Waals surface area contributed by atoms with E-state index in [9.17, 15) is 4.79 Å². The van der Waals surface area contributed by atoms with Gasteiger partial charge in [-0.25, -0.2) is 0 Å². The molecule has 2 unspecified atom stereocenters. The van der Waals surface area contributed by atoms with Crippen molar-refractivity contribution < 1.29 is 4.79 Å². The minimum Gasteiger partial charge on any atom is -0.337 e. The van der Waals surface area contributed by atoms with Gasteiger partial charge in [0.25, 0.3) is 0 Å². The molecule has 1 aliphatic heterocycles. The Morgan fingerprint density at radius 2 is 2.04 bits per heavy atom. The Balaban J connectivity index is 2.00. The first-order chi connectivity index (χ1) is 10.8. The van der Waals surface area contributed by atoms with Crippen LogP contribution in [-0.4, -0.2) is 45.8 Å². The van der Waals surface area contributed by atoms with Gasteiger partial charge in [0.1, 0.15) is 0 Å². The minimum atomic E-state index is 0.265. The van der Waals surface area contributed by atoms with Crippen LogP contribution in [0.25, 0.3) is 0 Å². The van der Waals surface area contributed by atoms with Gasteiger partial charge in [0, 0.05) is 43.8 Å². The molecule has 1 fully saturated rings. The van der Waals surface area contributed by atoms with Crippen LogP contribution < -0.4 is 5.32 Å². The summed E-state index contributed by atoms with van der Waals surface area (Å²) in [6, 6.07) is 0.632. The summed E-state index contributed by atoms with van der Waals surface area (Å²) in [5, 5.41) is 8.07. The summed E-state index contributed by atoms with van der Waals surface area (Å²) < 4.78 is 2.09. The topological polar surface area (TPSA) is 50.2 Å². The monoisotopic (exact) mass is 320 g/mol. The van der Waals surface area contributed by atoms with Crippen molar-refractivity contribution in [1.82, 2.24) is 20.0 Å². The molecule has 2 rings (SSSR count). The van der Waals surface area contributed by atoms with Crippen molar-refractivity contribution in [1.29, 1.82) is 0 Å². The van der Waals surface area contributed by atoms with Gasteiger partial charge in [0.2, 0.25) is 5.91 Å². The normalized spacial score (nSPS) is 22.0. The average molecular weight is 320 g/mol. The zero-order valence-corrected chi connectivity index (χ0v) is 15.5. The Hall–Kier alpha value is -1.36. The van der Waals surface area contributed by atoms with Gasteiger partial charge in [0.15, 0.2) is 0 Å². The lowest BCUT2D eigenvalue weighted by Gasteiger charge is -2.38. The van der Waals surface area contributed by atoms with Crippen molar-refractivity contribution in [2.24, 2.45) is 5.92 Å². The van der Waals surface area contributed by atoms with Crippen LogP contribution >= 0.6 is 0 Å².